The van der Waals surface area contributed by atoms with Gasteiger partial charge < -0.3 is 20.7 Å². The Morgan fingerprint density at radius 2 is 2.03 bits per heavy atom. The van der Waals surface area contributed by atoms with Gasteiger partial charge in [-0.2, -0.15) is 0 Å². The summed E-state index contributed by atoms with van der Waals surface area (Å²) in [5.41, 5.74) is 3.20. The first kappa shape index (κ1) is 23.5. The molecule has 1 saturated carbocycles. The third-order valence-corrected chi connectivity index (χ3v) is 8.27. The molecule has 0 spiro atoms. The van der Waals surface area contributed by atoms with E-state index in [9.17, 15) is 14.7 Å². The smallest absolute Gasteiger partial charge is 0.306 e. The fourth-order valence-corrected chi connectivity index (χ4v) is 6.48. The number of likely N-dealkylation sites (tertiary alicyclic amines) is 1. The van der Waals surface area contributed by atoms with Crippen LogP contribution in [0.5, 0.6) is 0 Å². The van der Waals surface area contributed by atoms with Crippen molar-refractivity contribution >= 4 is 34.6 Å². The molecule has 176 valence electrons. The van der Waals surface area contributed by atoms with Crippen LogP contribution >= 0.6 is 11.3 Å². The second-order valence-electron chi connectivity index (χ2n) is 9.31. The monoisotopic (exact) mass is 467 g/mol. The molecule has 6 nitrogen and oxygen atoms in total. The maximum absolute atomic E-state index is 13.4. The van der Waals surface area contributed by atoms with Gasteiger partial charge in [0.15, 0.2) is 0 Å². The number of thiophene rings is 1. The van der Waals surface area contributed by atoms with Crippen LogP contribution in [0.15, 0.2) is 35.7 Å². The molecule has 1 aliphatic carbocycles. The van der Waals surface area contributed by atoms with Crippen molar-refractivity contribution in [3.63, 3.8) is 0 Å². The molecule has 0 bridgehead atoms. The average Bonchev–Trinajstić information content (AvgIpc) is 3.37. The predicted octanol–water partition coefficient (Wildman–Crippen LogP) is 5.34. The first-order chi connectivity index (χ1) is 15.9. The van der Waals surface area contributed by atoms with E-state index in [1.165, 1.54) is 0 Å². The summed E-state index contributed by atoms with van der Waals surface area (Å²) in [7, 11) is 1.86. The van der Waals surface area contributed by atoms with E-state index in [0.717, 1.165) is 47.4 Å². The minimum atomic E-state index is -0.723. The molecule has 33 heavy (non-hydrogen) atoms. The number of carbonyl (C=O) groups excluding carboxylic acids is 1. The van der Waals surface area contributed by atoms with Crippen LogP contribution < -0.4 is 5.32 Å². The fourth-order valence-electron chi connectivity index (χ4n) is 5.72. The molecule has 4 unspecified atom stereocenters. The number of nitrogens with zero attached hydrogens (tertiary/aromatic N) is 1. The highest BCUT2D eigenvalue weighted by Gasteiger charge is 2.43. The van der Waals surface area contributed by atoms with Gasteiger partial charge >= 0.3 is 5.97 Å². The minimum absolute atomic E-state index is 0.0220. The van der Waals surface area contributed by atoms with Crippen molar-refractivity contribution in [3.8, 4) is 10.4 Å². The number of amides is 1. The number of nitrogens with one attached hydrogen (secondary N) is 2. The fraction of sp³-hybridized carbons (Fsp3) is 0.500. The molecule has 3 N–H and O–H groups in total. The largest absolute Gasteiger partial charge is 0.481 e. The normalized spacial score (nSPS) is 23.5. The molecule has 2 aliphatic rings. The van der Waals surface area contributed by atoms with Crippen LogP contribution in [-0.4, -0.2) is 47.2 Å². The van der Waals surface area contributed by atoms with Crippen molar-refractivity contribution in [2.45, 2.75) is 51.5 Å². The van der Waals surface area contributed by atoms with E-state index in [4.69, 9.17) is 5.41 Å². The van der Waals surface area contributed by atoms with Gasteiger partial charge in [-0.05, 0) is 49.1 Å². The molecule has 1 amide bonds. The zero-order valence-electron chi connectivity index (χ0n) is 19.3. The molecule has 1 aromatic carbocycles. The Morgan fingerprint density at radius 3 is 2.73 bits per heavy atom. The second-order valence-corrected chi connectivity index (χ2v) is 10.3. The molecule has 2 heterocycles. The van der Waals surface area contributed by atoms with Gasteiger partial charge in [-0.1, -0.05) is 31.5 Å². The van der Waals surface area contributed by atoms with E-state index in [1.807, 2.05) is 48.5 Å². The Labute approximate surface area is 199 Å². The number of rotatable bonds is 7. The van der Waals surface area contributed by atoms with E-state index in [1.54, 1.807) is 11.3 Å². The summed E-state index contributed by atoms with van der Waals surface area (Å²) in [5, 5.41) is 23.9. The van der Waals surface area contributed by atoms with Gasteiger partial charge in [-0.3, -0.25) is 9.59 Å². The summed E-state index contributed by atoms with van der Waals surface area (Å²) in [6, 6.07) is 10.1. The van der Waals surface area contributed by atoms with Gasteiger partial charge in [0.05, 0.1) is 5.92 Å². The van der Waals surface area contributed by atoms with Gasteiger partial charge in [-0.15, -0.1) is 11.3 Å². The maximum Gasteiger partial charge on any atom is 0.306 e. The minimum Gasteiger partial charge on any atom is -0.481 e. The van der Waals surface area contributed by atoms with Crippen molar-refractivity contribution in [2.75, 3.05) is 18.9 Å². The number of aliphatic carboxylic acids is 1. The number of carbonyl (C=O) groups is 2. The quantitative estimate of drug-likeness (QED) is 0.479. The first-order valence-electron chi connectivity index (χ1n) is 11.9. The van der Waals surface area contributed by atoms with E-state index < -0.39 is 5.97 Å². The number of fused-ring (bicyclic) bond motifs is 1. The van der Waals surface area contributed by atoms with E-state index in [0.29, 0.717) is 18.7 Å². The Bertz CT molecular complexity index is 1020. The number of hydrogen-bond donors (Lipinski definition) is 3. The van der Waals surface area contributed by atoms with E-state index in [2.05, 4.69) is 11.4 Å². The third kappa shape index (κ3) is 4.69. The standard InChI is InChI=1S/C26H33N3O3S/c1-16(25(27)24-19(22-12-6-14-33-22)8-3-10-20(24)28-2)15-23(30)29-13-5-9-17-18(26(31)32)7-4-11-21(17)29/h3,6,8,10,12,14,16-18,21,27-28H,4-5,7,9,11,13,15H2,1-2H3,(H,31,32). The van der Waals surface area contributed by atoms with Gasteiger partial charge in [0.25, 0.3) is 0 Å². The van der Waals surface area contributed by atoms with Gasteiger partial charge in [0.2, 0.25) is 5.91 Å². The van der Waals surface area contributed by atoms with E-state index in [-0.39, 0.29) is 36.1 Å². The van der Waals surface area contributed by atoms with Gasteiger partial charge in [-0.25, -0.2) is 0 Å². The number of carboxylic acid groups (broad SMARTS) is 1. The van der Waals surface area contributed by atoms with Crippen LogP contribution in [0.3, 0.4) is 0 Å². The highest BCUT2D eigenvalue weighted by Crippen LogP contribution is 2.40. The molecule has 4 rings (SSSR count). The molecule has 1 aliphatic heterocycles. The Balaban J connectivity index is 1.53. The zero-order valence-corrected chi connectivity index (χ0v) is 20.2. The Morgan fingerprint density at radius 1 is 1.21 bits per heavy atom. The molecule has 2 fully saturated rings. The molecule has 1 aromatic heterocycles. The zero-order chi connectivity index (χ0) is 23.5. The molecule has 7 heteroatoms. The lowest BCUT2D eigenvalue weighted by Gasteiger charge is -2.46. The lowest BCUT2D eigenvalue weighted by molar-refractivity contribution is -0.152. The summed E-state index contributed by atoms with van der Waals surface area (Å²) in [4.78, 5) is 28.2. The highest BCUT2D eigenvalue weighted by atomic mass is 32.1. The van der Waals surface area contributed by atoms with Crippen LogP contribution in [0.1, 0.15) is 51.0 Å². The Kier molecular flexibility index (Phi) is 7.17. The van der Waals surface area contributed by atoms with Gasteiger partial charge in [0, 0.05) is 59.4 Å². The van der Waals surface area contributed by atoms with E-state index >= 15 is 0 Å². The number of carboxylic acids is 1. The molecular formula is C26H33N3O3S. The first-order valence-corrected chi connectivity index (χ1v) is 12.8. The van der Waals surface area contributed by atoms with Crippen molar-refractivity contribution in [1.29, 1.82) is 5.41 Å². The molecule has 2 aromatic rings. The van der Waals surface area contributed by atoms with Crippen LogP contribution in [-0.2, 0) is 9.59 Å². The lowest BCUT2D eigenvalue weighted by atomic mass is 9.71. The summed E-state index contributed by atoms with van der Waals surface area (Å²) >= 11 is 1.64. The SMILES string of the molecule is CNc1cccc(-c2cccs2)c1C(=N)C(C)CC(=O)N1CCCC2C(C(=O)O)CCCC21. The number of anilines is 1. The van der Waals surface area contributed by atoms with Crippen LogP contribution in [0, 0.1) is 23.2 Å². The molecule has 1 saturated heterocycles. The van der Waals surface area contributed by atoms with Gasteiger partial charge in [0.1, 0.15) is 0 Å². The average molecular weight is 468 g/mol. The van der Waals surface area contributed by atoms with Crippen molar-refractivity contribution in [1.82, 2.24) is 4.90 Å². The predicted molar refractivity (Wildman–Crippen MR) is 133 cm³/mol. The number of piperidine rings is 1. The molecular weight excluding hydrogens is 434 g/mol. The second kappa shape index (κ2) is 10.1. The number of benzene rings is 1. The lowest BCUT2D eigenvalue weighted by Crippen LogP contribution is -2.53. The van der Waals surface area contributed by atoms with Crippen molar-refractivity contribution in [3.05, 3.63) is 41.3 Å². The summed E-state index contributed by atoms with van der Waals surface area (Å²) < 4.78 is 0. The third-order valence-electron chi connectivity index (χ3n) is 7.36. The van der Waals surface area contributed by atoms with Crippen LogP contribution in [0.25, 0.3) is 10.4 Å². The topological polar surface area (TPSA) is 93.5 Å². The van der Waals surface area contributed by atoms with Crippen LogP contribution in [0.2, 0.25) is 0 Å². The van der Waals surface area contributed by atoms with Crippen molar-refractivity contribution < 1.29 is 14.7 Å². The summed E-state index contributed by atoms with van der Waals surface area (Å²) in [6.07, 6.45) is 4.46. The van der Waals surface area contributed by atoms with Crippen LogP contribution in [0.4, 0.5) is 5.69 Å². The van der Waals surface area contributed by atoms with Crippen molar-refractivity contribution in [2.24, 2.45) is 17.8 Å². The Hall–Kier alpha value is -2.67. The summed E-state index contributed by atoms with van der Waals surface area (Å²) in [6.45, 7) is 2.65. The highest BCUT2D eigenvalue weighted by molar-refractivity contribution is 7.13. The maximum atomic E-state index is 13.4. The summed E-state index contributed by atoms with van der Waals surface area (Å²) in [5.74, 6) is -1.21. The molecule has 0 radical (unpaired) electrons. The molecule has 4 atom stereocenters. The number of hydrogen-bond acceptors (Lipinski definition) is 5.